The first-order valence-corrected chi connectivity index (χ1v) is 6.96. The summed E-state index contributed by atoms with van der Waals surface area (Å²) in [5.74, 6) is -0.589. The van der Waals surface area contributed by atoms with Crippen molar-refractivity contribution >= 4 is 32.7 Å². The van der Waals surface area contributed by atoms with Crippen LogP contribution in [0.1, 0.15) is 0 Å². The van der Waals surface area contributed by atoms with Gasteiger partial charge in [-0.15, -0.1) is 11.3 Å². The average molecular weight is 272 g/mol. The van der Waals surface area contributed by atoms with Crippen molar-refractivity contribution in [1.82, 2.24) is 0 Å². The van der Waals surface area contributed by atoms with Crippen LogP contribution in [0, 0.1) is 5.82 Å². The number of thiophene rings is 1. The van der Waals surface area contributed by atoms with E-state index in [1.807, 2.05) is 0 Å². The normalized spacial score (nSPS) is 11.4. The van der Waals surface area contributed by atoms with E-state index in [1.54, 1.807) is 11.4 Å². The van der Waals surface area contributed by atoms with E-state index in [4.69, 9.17) is 5.73 Å². The second-order valence-electron chi connectivity index (χ2n) is 3.31. The third kappa shape index (κ3) is 2.75. The van der Waals surface area contributed by atoms with Crippen LogP contribution in [0.3, 0.4) is 0 Å². The highest BCUT2D eigenvalue weighted by molar-refractivity contribution is 7.94. The zero-order valence-corrected chi connectivity index (χ0v) is 10.2. The van der Waals surface area contributed by atoms with E-state index in [-0.39, 0.29) is 15.6 Å². The number of hydrogen-bond acceptors (Lipinski definition) is 4. The van der Waals surface area contributed by atoms with Crippen LogP contribution in [-0.2, 0) is 10.0 Å². The van der Waals surface area contributed by atoms with Crippen LogP contribution >= 0.6 is 11.3 Å². The first-order chi connectivity index (χ1) is 7.97. The van der Waals surface area contributed by atoms with Gasteiger partial charge in [-0.05, 0) is 29.6 Å². The van der Waals surface area contributed by atoms with Crippen LogP contribution in [0.5, 0.6) is 0 Å². The Labute approximate surface area is 102 Å². The minimum atomic E-state index is -3.66. The number of nitrogens with one attached hydrogen (secondary N) is 1. The van der Waals surface area contributed by atoms with Gasteiger partial charge in [0, 0.05) is 5.69 Å². The number of benzene rings is 1. The molecule has 17 heavy (non-hydrogen) atoms. The van der Waals surface area contributed by atoms with Gasteiger partial charge >= 0.3 is 0 Å². The van der Waals surface area contributed by atoms with Crippen molar-refractivity contribution in [3.05, 3.63) is 41.5 Å². The molecular weight excluding hydrogens is 263 g/mol. The Hall–Kier alpha value is -1.60. The fourth-order valence-corrected chi connectivity index (χ4v) is 3.33. The summed E-state index contributed by atoms with van der Waals surface area (Å²) in [4.78, 5) is 0. The number of nitrogens with two attached hydrogens (primary N) is 1. The van der Waals surface area contributed by atoms with Gasteiger partial charge in [0.05, 0.1) is 5.69 Å². The van der Waals surface area contributed by atoms with Gasteiger partial charge in [0.15, 0.2) is 0 Å². The van der Waals surface area contributed by atoms with Gasteiger partial charge in [-0.3, -0.25) is 4.72 Å². The molecule has 0 aliphatic rings. The quantitative estimate of drug-likeness (QED) is 0.842. The third-order valence-electron chi connectivity index (χ3n) is 1.93. The van der Waals surface area contributed by atoms with Crippen molar-refractivity contribution in [3.8, 4) is 0 Å². The monoisotopic (exact) mass is 272 g/mol. The lowest BCUT2D eigenvalue weighted by atomic mass is 10.3. The highest BCUT2D eigenvalue weighted by Crippen LogP contribution is 2.22. The second-order valence-corrected chi connectivity index (χ2v) is 6.17. The van der Waals surface area contributed by atoms with Crippen molar-refractivity contribution in [3.63, 3.8) is 0 Å². The Bertz CT molecular complexity index is 604. The molecular formula is C10H9FN2O2S2. The Kier molecular flexibility index (Phi) is 3.03. The number of anilines is 2. The number of halogens is 1. The molecule has 0 saturated carbocycles. The fourth-order valence-electron chi connectivity index (χ4n) is 1.29. The summed E-state index contributed by atoms with van der Waals surface area (Å²) in [7, 11) is -3.66. The zero-order valence-electron chi connectivity index (χ0n) is 8.55. The molecule has 0 spiro atoms. The molecule has 0 aliphatic heterocycles. The highest BCUT2D eigenvalue weighted by atomic mass is 32.2. The van der Waals surface area contributed by atoms with Crippen molar-refractivity contribution in [2.75, 3.05) is 10.5 Å². The minimum Gasteiger partial charge on any atom is -0.399 e. The van der Waals surface area contributed by atoms with Crippen LogP contribution in [0.25, 0.3) is 0 Å². The molecule has 0 bridgehead atoms. The standard InChI is InChI=1S/C10H9FN2O2S2/c11-7-4-8(12)6-9(5-7)13-17(14,15)10-2-1-3-16-10/h1-6,13H,12H2. The summed E-state index contributed by atoms with van der Waals surface area (Å²) in [6.45, 7) is 0. The molecule has 1 aromatic heterocycles. The maximum Gasteiger partial charge on any atom is 0.271 e. The van der Waals surface area contributed by atoms with Crippen LogP contribution < -0.4 is 10.5 Å². The summed E-state index contributed by atoms with van der Waals surface area (Å²) in [5.41, 5.74) is 5.69. The number of rotatable bonds is 3. The maximum absolute atomic E-state index is 13.0. The van der Waals surface area contributed by atoms with Crippen LogP contribution in [0.15, 0.2) is 39.9 Å². The molecule has 3 N–H and O–H groups in total. The smallest absolute Gasteiger partial charge is 0.271 e. The first kappa shape index (κ1) is 11.9. The van der Waals surface area contributed by atoms with Gasteiger partial charge in [-0.1, -0.05) is 6.07 Å². The Morgan fingerprint density at radius 1 is 1.29 bits per heavy atom. The minimum absolute atomic E-state index is 0.107. The Balaban J connectivity index is 2.33. The van der Waals surface area contributed by atoms with Crippen molar-refractivity contribution in [2.45, 2.75) is 4.21 Å². The molecule has 1 heterocycles. The second kappa shape index (κ2) is 4.34. The molecule has 7 heteroatoms. The maximum atomic E-state index is 13.0. The van der Waals surface area contributed by atoms with E-state index < -0.39 is 15.8 Å². The van der Waals surface area contributed by atoms with E-state index >= 15 is 0 Å². The summed E-state index contributed by atoms with van der Waals surface area (Å²) >= 11 is 1.08. The summed E-state index contributed by atoms with van der Waals surface area (Å²) in [5, 5.41) is 1.65. The summed E-state index contributed by atoms with van der Waals surface area (Å²) < 4.78 is 39.1. The molecule has 4 nitrogen and oxygen atoms in total. The number of sulfonamides is 1. The lowest BCUT2D eigenvalue weighted by Gasteiger charge is -2.07. The predicted molar refractivity (Wildman–Crippen MR) is 65.9 cm³/mol. The largest absolute Gasteiger partial charge is 0.399 e. The first-order valence-electron chi connectivity index (χ1n) is 4.60. The topological polar surface area (TPSA) is 72.2 Å². The zero-order chi connectivity index (χ0) is 12.5. The molecule has 0 radical (unpaired) electrons. The lowest BCUT2D eigenvalue weighted by Crippen LogP contribution is -2.11. The van der Waals surface area contributed by atoms with Gasteiger partial charge in [-0.25, -0.2) is 12.8 Å². The van der Waals surface area contributed by atoms with E-state index in [9.17, 15) is 12.8 Å². The number of hydrogen-bond donors (Lipinski definition) is 2. The van der Waals surface area contributed by atoms with E-state index in [1.165, 1.54) is 12.1 Å². The molecule has 1 aromatic carbocycles. The molecule has 2 rings (SSSR count). The summed E-state index contributed by atoms with van der Waals surface area (Å²) in [6.07, 6.45) is 0. The van der Waals surface area contributed by atoms with Crippen molar-refractivity contribution in [1.29, 1.82) is 0 Å². The fraction of sp³-hybridized carbons (Fsp3) is 0. The van der Waals surface area contributed by atoms with E-state index in [0.29, 0.717) is 0 Å². The van der Waals surface area contributed by atoms with Crippen molar-refractivity contribution < 1.29 is 12.8 Å². The highest BCUT2D eigenvalue weighted by Gasteiger charge is 2.15. The average Bonchev–Trinajstić information content (AvgIpc) is 2.67. The molecule has 90 valence electrons. The molecule has 0 atom stereocenters. The van der Waals surface area contributed by atoms with E-state index in [0.717, 1.165) is 23.5 Å². The molecule has 0 fully saturated rings. The molecule has 0 aliphatic carbocycles. The number of nitrogen functional groups attached to an aromatic ring is 1. The van der Waals surface area contributed by atoms with Crippen LogP contribution in [0.4, 0.5) is 15.8 Å². The van der Waals surface area contributed by atoms with Gasteiger partial charge in [0.2, 0.25) is 0 Å². The van der Waals surface area contributed by atoms with Crippen LogP contribution in [-0.4, -0.2) is 8.42 Å². The SMILES string of the molecule is Nc1cc(F)cc(NS(=O)(=O)c2cccs2)c1. The Morgan fingerprint density at radius 3 is 2.65 bits per heavy atom. The van der Waals surface area contributed by atoms with Crippen LogP contribution in [0.2, 0.25) is 0 Å². The van der Waals surface area contributed by atoms with Crippen molar-refractivity contribution in [2.24, 2.45) is 0 Å². The molecule has 2 aromatic rings. The molecule has 0 saturated heterocycles. The molecule has 0 unspecified atom stereocenters. The van der Waals surface area contributed by atoms with E-state index in [2.05, 4.69) is 4.72 Å². The third-order valence-corrected chi connectivity index (χ3v) is 4.71. The van der Waals surface area contributed by atoms with Gasteiger partial charge in [0.25, 0.3) is 10.0 Å². The molecule has 0 amide bonds. The lowest BCUT2D eigenvalue weighted by molar-refractivity contribution is 0.603. The van der Waals surface area contributed by atoms with Gasteiger partial charge in [-0.2, -0.15) is 0 Å². The van der Waals surface area contributed by atoms with Gasteiger partial charge < -0.3 is 5.73 Å². The van der Waals surface area contributed by atoms with Gasteiger partial charge in [0.1, 0.15) is 10.0 Å². The summed E-state index contributed by atoms with van der Waals surface area (Å²) in [6, 6.07) is 6.63. The Morgan fingerprint density at radius 2 is 2.06 bits per heavy atom. The predicted octanol–water partition coefficient (Wildman–Crippen LogP) is 2.27.